The minimum atomic E-state index is -0.493. The van der Waals surface area contributed by atoms with E-state index in [0.717, 1.165) is 43.1 Å². The third-order valence-electron chi connectivity index (χ3n) is 5.97. The molecule has 1 amide bonds. The summed E-state index contributed by atoms with van der Waals surface area (Å²) >= 11 is 0. The Morgan fingerprint density at radius 3 is 2.10 bits per heavy atom. The van der Waals surface area contributed by atoms with Crippen molar-refractivity contribution in [2.75, 3.05) is 25.5 Å². The molecule has 39 heavy (non-hydrogen) atoms. The van der Waals surface area contributed by atoms with Crippen LogP contribution in [0.25, 0.3) is 11.0 Å². The van der Waals surface area contributed by atoms with Gasteiger partial charge in [0, 0.05) is 44.9 Å². The Bertz CT molecular complexity index is 1320. The number of benzene rings is 2. The van der Waals surface area contributed by atoms with Crippen molar-refractivity contribution < 1.29 is 23.7 Å². The zero-order chi connectivity index (χ0) is 28.6. The fourth-order valence-electron chi connectivity index (χ4n) is 4.02. The van der Waals surface area contributed by atoms with Crippen molar-refractivity contribution in [3.8, 4) is 23.0 Å². The van der Waals surface area contributed by atoms with Gasteiger partial charge >= 0.3 is 11.8 Å². The van der Waals surface area contributed by atoms with Crippen molar-refractivity contribution in [1.29, 1.82) is 0 Å². The highest BCUT2D eigenvalue weighted by atomic mass is 16.6. The van der Waals surface area contributed by atoms with Crippen LogP contribution in [0, 0.1) is 0 Å². The Kier molecular flexibility index (Phi) is 10.1. The molecule has 0 atom stereocenters. The van der Waals surface area contributed by atoms with Gasteiger partial charge in [-0.2, -0.15) is 0 Å². The molecule has 1 aromatic heterocycles. The van der Waals surface area contributed by atoms with Gasteiger partial charge in [-0.3, -0.25) is 9.13 Å². The summed E-state index contributed by atoms with van der Waals surface area (Å²) in [5.41, 5.74) is 7.52. The summed E-state index contributed by atoms with van der Waals surface area (Å²) in [6.45, 7) is 9.26. The summed E-state index contributed by atoms with van der Waals surface area (Å²) < 4.78 is 26.4. The van der Waals surface area contributed by atoms with Crippen LogP contribution in [-0.2, 0) is 18.8 Å². The number of nitrogens with zero attached hydrogens (tertiary/aromatic N) is 2. The zero-order valence-corrected chi connectivity index (χ0v) is 24.0. The molecule has 10 heteroatoms. The average Bonchev–Trinajstić information content (AvgIpc) is 3.06. The van der Waals surface area contributed by atoms with Gasteiger partial charge < -0.3 is 30.0 Å². The summed E-state index contributed by atoms with van der Waals surface area (Å²) in [6, 6.07) is 8.96. The number of carbonyl (C=O) groups excluding carboxylic acids is 1. The quantitative estimate of drug-likeness (QED) is 0.216. The van der Waals surface area contributed by atoms with Crippen LogP contribution in [0.3, 0.4) is 0 Å². The second kappa shape index (κ2) is 13.3. The molecule has 214 valence electrons. The van der Waals surface area contributed by atoms with E-state index in [1.165, 1.54) is 0 Å². The summed E-state index contributed by atoms with van der Waals surface area (Å²) in [7, 11) is 3.43. The summed E-state index contributed by atoms with van der Waals surface area (Å²) in [6.07, 6.45) is 4.16. The lowest BCUT2D eigenvalue weighted by Crippen LogP contribution is -2.32. The number of amides is 1. The Morgan fingerprint density at radius 2 is 1.46 bits per heavy atom. The first-order valence-electron chi connectivity index (χ1n) is 13.5. The Labute approximate surface area is 230 Å². The van der Waals surface area contributed by atoms with E-state index in [1.54, 1.807) is 47.5 Å². The number of aromatic nitrogens is 2. The van der Waals surface area contributed by atoms with Gasteiger partial charge in [-0.15, -0.1) is 0 Å². The second-order valence-corrected chi connectivity index (χ2v) is 10.6. The summed E-state index contributed by atoms with van der Waals surface area (Å²) in [4.78, 5) is 24.0. The normalized spacial score (nSPS) is 11.4. The predicted octanol–water partition coefficient (Wildman–Crippen LogP) is 5.50. The molecule has 0 radical (unpaired) electrons. The van der Waals surface area contributed by atoms with Crippen molar-refractivity contribution in [2.45, 2.75) is 65.4 Å². The van der Waals surface area contributed by atoms with Crippen molar-refractivity contribution in [3.05, 3.63) is 40.8 Å². The zero-order valence-electron chi connectivity index (χ0n) is 24.0. The number of imidazole rings is 1. The molecule has 1 heterocycles. The fourth-order valence-corrected chi connectivity index (χ4v) is 4.02. The fraction of sp³-hybridized carbons (Fsp3) is 0.517. The van der Waals surface area contributed by atoms with Gasteiger partial charge in [0.15, 0.2) is 5.75 Å². The number of nitrogens with two attached hydrogens (primary N) is 1. The van der Waals surface area contributed by atoms with E-state index in [-0.39, 0.29) is 11.8 Å². The minimum Gasteiger partial charge on any atom is -0.493 e. The highest BCUT2D eigenvalue weighted by Gasteiger charge is 2.16. The smallest absolute Gasteiger partial charge is 0.407 e. The minimum absolute atomic E-state index is 0.133. The molecule has 0 aliphatic heterocycles. The molecule has 0 aliphatic rings. The number of fused-ring (bicyclic) bond motifs is 1. The Balaban J connectivity index is 1.57. The third-order valence-corrected chi connectivity index (χ3v) is 5.97. The average molecular weight is 543 g/mol. The number of anilines is 1. The number of alkyl carbamates (subject to hydrolysis) is 1. The molecule has 0 unspecified atom stereocenters. The predicted molar refractivity (Wildman–Crippen MR) is 153 cm³/mol. The van der Waals surface area contributed by atoms with Gasteiger partial charge in [-0.25, -0.2) is 9.59 Å². The SMILES string of the molecule is CCCOc1cc(OCCCCCCNC(=O)OC(C)(C)C)cc(Oc2cc3c(cc2N)n(C)c(=O)n3C)c1. The number of hydrogen-bond donors (Lipinski definition) is 2. The van der Waals surface area contributed by atoms with Crippen LogP contribution in [0.15, 0.2) is 35.1 Å². The van der Waals surface area contributed by atoms with Gasteiger partial charge in [0.1, 0.15) is 22.8 Å². The Hall–Kier alpha value is -3.82. The van der Waals surface area contributed by atoms with Crippen LogP contribution < -0.4 is 31.0 Å². The summed E-state index contributed by atoms with van der Waals surface area (Å²) in [5.74, 6) is 2.25. The maximum absolute atomic E-state index is 12.3. The van der Waals surface area contributed by atoms with Crippen molar-refractivity contribution in [3.63, 3.8) is 0 Å². The van der Waals surface area contributed by atoms with Crippen LogP contribution in [0.1, 0.15) is 59.8 Å². The van der Waals surface area contributed by atoms with Gasteiger partial charge in [-0.05, 0) is 46.1 Å². The van der Waals surface area contributed by atoms with Crippen LogP contribution in [-0.4, -0.2) is 40.6 Å². The van der Waals surface area contributed by atoms with Gasteiger partial charge in [0.2, 0.25) is 0 Å². The lowest BCUT2D eigenvalue weighted by Gasteiger charge is -2.19. The molecule has 0 saturated heterocycles. The highest BCUT2D eigenvalue weighted by Crippen LogP contribution is 2.35. The van der Waals surface area contributed by atoms with Gasteiger partial charge in [0.25, 0.3) is 0 Å². The molecule has 0 aliphatic carbocycles. The number of unbranched alkanes of at least 4 members (excludes halogenated alkanes) is 3. The molecular weight excluding hydrogens is 500 g/mol. The van der Waals surface area contributed by atoms with Crippen molar-refractivity contribution >= 4 is 22.8 Å². The number of ether oxygens (including phenoxy) is 4. The second-order valence-electron chi connectivity index (χ2n) is 10.6. The lowest BCUT2D eigenvalue weighted by molar-refractivity contribution is 0.0527. The van der Waals surface area contributed by atoms with Crippen LogP contribution in [0.5, 0.6) is 23.0 Å². The first-order chi connectivity index (χ1) is 18.5. The molecule has 10 nitrogen and oxygen atoms in total. The molecule has 3 rings (SSSR count). The van der Waals surface area contributed by atoms with Crippen LogP contribution >= 0.6 is 0 Å². The van der Waals surface area contributed by atoms with E-state index in [9.17, 15) is 9.59 Å². The maximum atomic E-state index is 12.3. The third kappa shape index (κ3) is 8.59. The molecule has 0 saturated carbocycles. The monoisotopic (exact) mass is 542 g/mol. The largest absolute Gasteiger partial charge is 0.493 e. The van der Waals surface area contributed by atoms with Crippen LogP contribution in [0.2, 0.25) is 0 Å². The van der Waals surface area contributed by atoms with E-state index >= 15 is 0 Å². The number of nitrogens with one attached hydrogen (secondary N) is 1. The van der Waals surface area contributed by atoms with Gasteiger partial charge in [0.05, 0.1) is 29.9 Å². The van der Waals surface area contributed by atoms with Gasteiger partial charge in [-0.1, -0.05) is 19.8 Å². The van der Waals surface area contributed by atoms with E-state index in [1.807, 2.05) is 33.8 Å². The molecule has 0 fully saturated rings. The number of aryl methyl sites for hydroxylation is 2. The molecular formula is C29H42N4O6. The molecule has 2 aromatic carbocycles. The number of rotatable bonds is 13. The van der Waals surface area contributed by atoms with E-state index < -0.39 is 5.60 Å². The first kappa shape index (κ1) is 29.7. The van der Waals surface area contributed by atoms with E-state index in [2.05, 4.69) is 5.32 Å². The topological polar surface area (TPSA) is 119 Å². The van der Waals surface area contributed by atoms with Crippen LogP contribution in [0.4, 0.5) is 10.5 Å². The number of hydrogen-bond acceptors (Lipinski definition) is 7. The van der Waals surface area contributed by atoms with Crippen molar-refractivity contribution in [2.24, 2.45) is 14.1 Å². The molecule has 0 spiro atoms. The Morgan fingerprint density at radius 1 is 0.872 bits per heavy atom. The number of carbonyl (C=O) groups is 1. The molecule has 3 aromatic rings. The standard InChI is InChI=1S/C29H42N4O6/c1-7-13-36-20-15-21(37-14-11-9-8-10-12-31-27(34)39-29(2,3)4)17-22(16-20)38-26-19-25-24(18-23(26)30)32(5)28(35)33(25)6/h15-19H,7-14,30H2,1-6H3,(H,31,34). The molecule has 0 bridgehead atoms. The molecule has 3 N–H and O–H groups in total. The van der Waals surface area contributed by atoms with E-state index in [0.29, 0.717) is 48.4 Å². The maximum Gasteiger partial charge on any atom is 0.407 e. The summed E-state index contributed by atoms with van der Waals surface area (Å²) in [5, 5.41) is 2.78. The lowest BCUT2D eigenvalue weighted by atomic mass is 10.2. The number of nitrogen functional groups attached to an aromatic ring is 1. The van der Waals surface area contributed by atoms with E-state index in [4.69, 9.17) is 24.7 Å². The van der Waals surface area contributed by atoms with Crippen molar-refractivity contribution in [1.82, 2.24) is 14.5 Å². The first-order valence-corrected chi connectivity index (χ1v) is 13.5. The highest BCUT2D eigenvalue weighted by molar-refractivity contribution is 5.83.